The summed E-state index contributed by atoms with van der Waals surface area (Å²) < 4.78 is 5.33. The number of carbonyl (C=O) groups excluding carboxylic acids is 1. The van der Waals surface area contributed by atoms with Crippen molar-refractivity contribution in [3.63, 3.8) is 0 Å². The van der Waals surface area contributed by atoms with Gasteiger partial charge in [0.1, 0.15) is 5.69 Å². The van der Waals surface area contributed by atoms with Crippen molar-refractivity contribution in [2.45, 2.75) is 6.54 Å². The van der Waals surface area contributed by atoms with Gasteiger partial charge in [-0.05, 0) is 42.5 Å². The van der Waals surface area contributed by atoms with Crippen LogP contribution in [0.15, 0.2) is 59.1 Å². The van der Waals surface area contributed by atoms with Crippen LogP contribution in [0.2, 0.25) is 5.02 Å². The zero-order valence-electron chi connectivity index (χ0n) is 12.1. The topological polar surface area (TPSA) is 81.2 Å². The predicted octanol–water partition coefficient (Wildman–Crippen LogP) is 3.71. The second kappa shape index (κ2) is 6.54. The first-order valence-corrected chi connectivity index (χ1v) is 7.35. The standard InChI is InChI=1S/C17H14ClN3O2/c18-13-6-4-11(5-7-13)16-9-15(21-23-16)10-20-14-3-1-2-12(8-14)17(19)22/h1-9,20H,10H2,(H2,19,22). The van der Waals surface area contributed by atoms with Crippen LogP contribution in [-0.4, -0.2) is 11.1 Å². The first-order chi connectivity index (χ1) is 11.1. The molecule has 0 saturated heterocycles. The molecule has 0 aliphatic heterocycles. The van der Waals surface area contributed by atoms with Crippen LogP contribution in [0, 0.1) is 0 Å². The van der Waals surface area contributed by atoms with Crippen molar-refractivity contribution in [2.75, 3.05) is 5.32 Å². The van der Waals surface area contributed by atoms with Crippen molar-refractivity contribution in [3.8, 4) is 11.3 Å². The SMILES string of the molecule is NC(=O)c1cccc(NCc2cc(-c3ccc(Cl)cc3)on2)c1. The number of aromatic nitrogens is 1. The van der Waals surface area contributed by atoms with Gasteiger partial charge in [0.2, 0.25) is 5.91 Å². The predicted molar refractivity (Wildman–Crippen MR) is 89.2 cm³/mol. The van der Waals surface area contributed by atoms with E-state index in [0.717, 1.165) is 16.9 Å². The molecule has 3 N–H and O–H groups in total. The van der Waals surface area contributed by atoms with Gasteiger partial charge in [-0.2, -0.15) is 0 Å². The largest absolute Gasteiger partial charge is 0.379 e. The van der Waals surface area contributed by atoms with E-state index in [0.29, 0.717) is 22.9 Å². The molecule has 0 bridgehead atoms. The van der Waals surface area contributed by atoms with E-state index in [9.17, 15) is 4.79 Å². The average molecular weight is 328 g/mol. The van der Waals surface area contributed by atoms with Gasteiger partial charge in [-0.15, -0.1) is 0 Å². The number of rotatable bonds is 5. The number of nitrogens with one attached hydrogen (secondary N) is 1. The van der Waals surface area contributed by atoms with Gasteiger partial charge in [0, 0.05) is 27.9 Å². The molecule has 0 atom stereocenters. The summed E-state index contributed by atoms with van der Waals surface area (Å²) in [5, 5.41) is 7.88. The average Bonchev–Trinajstić information content (AvgIpc) is 3.03. The fraction of sp³-hybridized carbons (Fsp3) is 0.0588. The Balaban J connectivity index is 1.69. The van der Waals surface area contributed by atoms with Crippen molar-refractivity contribution in [1.82, 2.24) is 5.16 Å². The van der Waals surface area contributed by atoms with Crippen LogP contribution >= 0.6 is 11.6 Å². The lowest BCUT2D eigenvalue weighted by molar-refractivity contribution is 0.100. The molecule has 23 heavy (non-hydrogen) atoms. The molecule has 5 nitrogen and oxygen atoms in total. The molecule has 0 saturated carbocycles. The first kappa shape index (κ1) is 15.1. The maximum atomic E-state index is 11.2. The van der Waals surface area contributed by atoms with E-state index in [1.807, 2.05) is 24.3 Å². The third-order valence-electron chi connectivity index (χ3n) is 3.31. The second-order valence-corrected chi connectivity index (χ2v) is 5.42. The number of hydrogen-bond acceptors (Lipinski definition) is 4. The maximum absolute atomic E-state index is 11.2. The summed E-state index contributed by atoms with van der Waals surface area (Å²) in [4.78, 5) is 11.2. The highest BCUT2D eigenvalue weighted by Gasteiger charge is 2.07. The Bertz CT molecular complexity index is 828. The van der Waals surface area contributed by atoms with Crippen molar-refractivity contribution in [2.24, 2.45) is 5.73 Å². The molecule has 2 aromatic carbocycles. The van der Waals surface area contributed by atoms with Crippen LogP contribution in [-0.2, 0) is 6.54 Å². The van der Waals surface area contributed by atoms with Gasteiger partial charge >= 0.3 is 0 Å². The van der Waals surface area contributed by atoms with E-state index in [-0.39, 0.29) is 0 Å². The van der Waals surface area contributed by atoms with E-state index in [2.05, 4.69) is 10.5 Å². The van der Waals surface area contributed by atoms with Crippen molar-refractivity contribution < 1.29 is 9.32 Å². The van der Waals surface area contributed by atoms with E-state index in [1.165, 1.54) is 0 Å². The van der Waals surface area contributed by atoms with Gasteiger partial charge in [0.05, 0.1) is 6.54 Å². The Hall–Kier alpha value is -2.79. The lowest BCUT2D eigenvalue weighted by atomic mass is 10.1. The molecule has 0 spiro atoms. The Morgan fingerprint density at radius 3 is 2.70 bits per heavy atom. The number of amides is 1. The Labute approximate surface area is 138 Å². The number of primary amides is 1. The van der Waals surface area contributed by atoms with Crippen LogP contribution < -0.4 is 11.1 Å². The zero-order chi connectivity index (χ0) is 16.2. The number of anilines is 1. The molecule has 1 aromatic heterocycles. The molecule has 3 aromatic rings. The number of nitrogens with zero attached hydrogens (tertiary/aromatic N) is 1. The fourth-order valence-electron chi connectivity index (χ4n) is 2.12. The van der Waals surface area contributed by atoms with Crippen LogP contribution in [0.5, 0.6) is 0 Å². The van der Waals surface area contributed by atoms with E-state index in [1.54, 1.807) is 30.3 Å². The molecular weight excluding hydrogens is 314 g/mol. The third kappa shape index (κ3) is 3.70. The molecule has 0 radical (unpaired) electrons. The van der Waals surface area contributed by atoms with Crippen LogP contribution in [0.1, 0.15) is 16.1 Å². The highest BCUT2D eigenvalue weighted by atomic mass is 35.5. The second-order valence-electron chi connectivity index (χ2n) is 4.99. The van der Waals surface area contributed by atoms with Crippen LogP contribution in [0.3, 0.4) is 0 Å². The Morgan fingerprint density at radius 1 is 1.17 bits per heavy atom. The van der Waals surface area contributed by atoms with Crippen molar-refractivity contribution in [1.29, 1.82) is 0 Å². The highest BCUT2D eigenvalue weighted by molar-refractivity contribution is 6.30. The minimum Gasteiger partial charge on any atom is -0.379 e. The lowest BCUT2D eigenvalue weighted by Gasteiger charge is -2.04. The van der Waals surface area contributed by atoms with Gasteiger partial charge in [0.25, 0.3) is 0 Å². The molecule has 1 heterocycles. The van der Waals surface area contributed by atoms with Crippen molar-refractivity contribution in [3.05, 3.63) is 70.9 Å². The Kier molecular flexibility index (Phi) is 4.30. The zero-order valence-corrected chi connectivity index (χ0v) is 12.9. The molecule has 0 unspecified atom stereocenters. The summed E-state index contributed by atoms with van der Waals surface area (Å²) in [7, 11) is 0. The van der Waals surface area contributed by atoms with E-state index >= 15 is 0 Å². The summed E-state index contributed by atoms with van der Waals surface area (Å²) >= 11 is 5.87. The summed E-state index contributed by atoms with van der Waals surface area (Å²) in [5.74, 6) is 0.212. The number of hydrogen-bond donors (Lipinski definition) is 2. The molecule has 0 fully saturated rings. The number of carbonyl (C=O) groups is 1. The van der Waals surface area contributed by atoms with Gasteiger partial charge in [-0.3, -0.25) is 4.79 Å². The minimum absolute atomic E-state index is 0.456. The van der Waals surface area contributed by atoms with E-state index < -0.39 is 5.91 Å². The highest BCUT2D eigenvalue weighted by Crippen LogP contribution is 2.22. The maximum Gasteiger partial charge on any atom is 0.248 e. The summed E-state index contributed by atoms with van der Waals surface area (Å²) in [6.07, 6.45) is 0. The molecule has 116 valence electrons. The van der Waals surface area contributed by atoms with E-state index in [4.69, 9.17) is 21.9 Å². The van der Waals surface area contributed by atoms with Gasteiger partial charge in [0.15, 0.2) is 5.76 Å². The minimum atomic E-state index is -0.458. The van der Waals surface area contributed by atoms with Gasteiger partial charge < -0.3 is 15.6 Å². The van der Waals surface area contributed by atoms with Gasteiger partial charge in [-0.1, -0.05) is 22.8 Å². The van der Waals surface area contributed by atoms with Gasteiger partial charge in [-0.25, -0.2) is 0 Å². The third-order valence-corrected chi connectivity index (χ3v) is 3.56. The monoisotopic (exact) mass is 327 g/mol. The molecule has 1 amide bonds. The first-order valence-electron chi connectivity index (χ1n) is 6.97. The summed E-state index contributed by atoms with van der Waals surface area (Å²) in [5.41, 5.74) is 8.17. The molecule has 3 rings (SSSR count). The number of nitrogens with two attached hydrogens (primary N) is 1. The van der Waals surface area contributed by atoms with Crippen LogP contribution in [0.4, 0.5) is 5.69 Å². The molecular formula is C17H14ClN3O2. The summed E-state index contributed by atoms with van der Waals surface area (Å²) in [6, 6.07) is 16.2. The number of benzene rings is 2. The van der Waals surface area contributed by atoms with Crippen molar-refractivity contribution >= 4 is 23.2 Å². The Morgan fingerprint density at radius 2 is 1.96 bits per heavy atom. The molecule has 6 heteroatoms. The molecule has 0 aliphatic rings. The van der Waals surface area contributed by atoms with Crippen LogP contribution in [0.25, 0.3) is 11.3 Å². The smallest absolute Gasteiger partial charge is 0.248 e. The number of halogens is 1. The quantitative estimate of drug-likeness (QED) is 0.748. The molecule has 0 aliphatic carbocycles. The fourth-order valence-corrected chi connectivity index (χ4v) is 2.25. The summed E-state index contributed by atoms with van der Waals surface area (Å²) in [6.45, 7) is 0.472. The lowest BCUT2D eigenvalue weighted by Crippen LogP contribution is -2.11. The normalized spacial score (nSPS) is 10.5.